The molecule has 0 aromatic heterocycles. The molecule has 2 N–H and O–H groups in total. The van der Waals surface area contributed by atoms with Gasteiger partial charge in [-0.2, -0.15) is 0 Å². The van der Waals surface area contributed by atoms with Crippen molar-refractivity contribution in [3.8, 4) is 0 Å². The molecule has 216 valence electrons. The summed E-state index contributed by atoms with van der Waals surface area (Å²) in [6.07, 6.45) is -1.96. The van der Waals surface area contributed by atoms with Gasteiger partial charge in [0.25, 0.3) is 17.1 Å². The Morgan fingerprint density at radius 3 is 2.21 bits per heavy atom. The van der Waals surface area contributed by atoms with Crippen LogP contribution < -0.4 is 5.32 Å². The van der Waals surface area contributed by atoms with Crippen LogP contribution in [0.4, 0.5) is 5.69 Å². The molecule has 2 amide bonds. The summed E-state index contributed by atoms with van der Waals surface area (Å²) < 4.78 is 22.0. The number of ether oxygens (including phenoxy) is 4. The molecule has 1 aromatic rings. The minimum Gasteiger partial charge on any atom is -0.461 e. The number of carbonyl (C=O) groups is 5. The van der Waals surface area contributed by atoms with Crippen molar-refractivity contribution in [2.45, 2.75) is 45.7 Å². The number of nitrogens with one attached hydrogen (secondary N) is 1. The second-order valence-corrected chi connectivity index (χ2v) is 12.2. The largest absolute Gasteiger partial charge is 0.461 e. The second-order valence-electron chi connectivity index (χ2n) is 8.66. The normalized spacial score (nSPS) is 16.8. The molecule has 2 rings (SSSR count). The number of hydrogen-bond donors (Lipinski definition) is 2. The molecule has 1 fully saturated rings. The van der Waals surface area contributed by atoms with Gasteiger partial charge in [-0.1, -0.05) is 0 Å². The fourth-order valence-corrected chi connectivity index (χ4v) is 8.44. The SMILES string of the molecule is CC(=O)OCC(OC(C)=O)C(=O)Nc1c(I)c(C(=O)Cl)c(I)c(C(=O)N(CCO)CC2COC(C)(C)O2)c1I. The summed E-state index contributed by atoms with van der Waals surface area (Å²) in [5, 5.41) is 11.4. The third-order valence-electron chi connectivity index (χ3n) is 5.16. The number of amides is 2. The Kier molecular flexibility index (Phi) is 13.1. The fraction of sp³-hybridized carbons (Fsp3) is 0.522. The topological polar surface area (TPSA) is 158 Å². The minimum absolute atomic E-state index is 0.0218. The van der Waals surface area contributed by atoms with Crippen molar-refractivity contribution in [1.29, 1.82) is 0 Å². The van der Waals surface area contributed by atoms with Gasteiger partial charge >= 0.3 is 11.9 Å². The summed E-state index contributed by atoms with van der Waals surface area (Å²) in [5.41, 5.74) is 0.109. The lowest BCUT2D eigenvalue weighted by atomic mass is 10.1. The highest BCUT2D eigenvalue weighted by molar-refractivity contribution is 14.1. The molecule has 0 bridgehead atoms. The Labute approximate surface area is 270 Å². The fourth-order valence-electron chi connectivity index (χ4n) is 3.55. The highest BCUT2D eigenvalue weighted by Gasteiger charge is 2.36. The number of halogens is 4. The summed E-state index contributed by atoms with van der Waals surface area (Å²) in [4.78, 5) is 63.5. The number of aliphatic hydroxyl groups excluding tert-OH is 1. The standard InChI is InChI=1S/C23H26ClI3N2O10/c1-10(31)36-9-13(38-11(2)32)21(34)28-19-17(26)14(20(24)33)16(25)15(18(19)27)22(35)29(5-6-30)7-12-8-37-23(3,4)39-12/h12-13,30H,5-9H2,1-4H3,(H,28,34). The van der Waals surface area contributed by atoms with E-state index in [1.54, 1.807) is 13.8 Å². The molecule has 1 saturated heterocycles. The predicted molar refractivity (Wildman–Crippen MR) is 163 cm³/mol. The third kappa shape index (κ3) is 9.32. The molecular formula is C23H26ClI3N2O10. The third-order valence-corrected chi connectivity index (χ3v) is 8.59. The number of carbonyl (C=O) groups excluding carboxylic acids is 5. The average Bonchev–Trinajstić information content (AvgIpc) is 3.16. The van der Waals surface area contributed by atoms with Crippen LogP contribution in [0.1, 0.15) is 48.4 Å². The highest BCUT2D eigenvalue weighted by atomic mass is 127. The van der Waals surface area contributed by atoms with Crippen molar-refractivity contribution in [2.75, 3.05) is 38.2 Å². The second kappa shape index (κ2) is 14.9. The summed E-state index contributed by atoms with van der Waals surface area (Å²) in [6.45, 7) is 5.09. The van der Waals surface area contributed by atoms with E-state index in [1.165, 1.54) is 4.90 Å². The Morgan fingerprint density at radius 2 is 1.72 bits per heavy atom. The van der Waals surface area contributed by atoms with Crippen molar-refractivity contribution < 1.29 is 48.0 Å². The van der Waals surface area contributed by atoms with Gasteiger partial charge in [-0.3, -0.25) is 24.0 Å². The first-order valence-electron chi connectivity index (χ1n) is 11.3. The molecule has 0 saturated carbocycles. The van der Waals surface area contributed by atoms with Crippen molar-refractivity contribution in [1.82, 2.24) is 4.90 Å². The lowest BCUT2D eigenvalue weighted by Crippen LogP contribution is -2.41. The van der Waals surface area contributed by atoms with Gasteiger partial charge in [-0.15, -0.1) is 0 Å². The van der Waals surface area contributed by atoms with Crippen LogP contribution in [0.2, 0.25) is 0 Å². The highest BCUT2D eigenvalue weighted by Crippen LogP contribution is 2.37. The van der Waals surface area contributed by atoms with E-state index >= 15 is 0 Å². The summed E-state index contributed by atoms with van der Waals surface area (Å²) in [5.74, 6) is -3.72. The summed E-state index contributed by atoms with van der Waals surface area (Å²) in [6, 6.07) is 0. The van der Waals surface area contributed by atoms with Crippen LogP contribution >= 0.6 is 79.4 Å². The molecule has 1 aliphatic rings. The smallest absolute Gasteiger partial charge is 0.303 e. The zero-order valence-corrected chi connectivity index (χ0v) is 28.5. The number of aliphatic hydroxyl groups is 1. The molecule has 2 atom stereocenters. The van der Waals surface area contributed by atoms with Gasteiger partial charge < -0.3 is 34.3 Å². The lowest BCUT2D eigenvalue weighted by molar-refractivity contribution is -0.160. The first-order valence-corrected chi connectivity index (χ1v) is 14.9. The molecule has 0 spiro atoms. The molecule has 12 nitrogen and oxygen atoms in total. The molecule has 2 unspecified atom stereocenters. The van der Waals surface area contributed by atoms with Crippen LogP contribution in [-0.2, 0) is 33.3 Å². The number of anilines is 1. The van der Waals surface area contributed by atoms with E-state index in [1.807, 2.05) is 67.8 Å². The zero-order chi connectivity index (χ0) is 29.7. The number of rotatable bonds is 11. The van der Waals surface area contributed by atoms with Gasteiger partial charge in [-0.05, 0) is 93.2 Å². The Balaban J connectivity index is 2.54. The zero-order valence-electron chi connectivity index (χ0n) is 21.3. The minimum atomic E-state index is -1.50. The quantitative estimate of drug-likeness (QED) is 0.192. The van der Waals surface area contributed by atoms with Gasteiger partial charge in [0.15, 0.2) is 5.79 Å². The monoisotopic (exact) mass is 906 g/mol. The van der Waals surface area contributed by atoms with Gasteiger partial charge in [0.05, 0.1) is 37.2 Å². The van der Waals surface area contributed by atoms with E-state index in [9.17, 15) is 29.1 Å². The van der Waals surface area contributed by atoms with Crippen LogP contribution in [-0.4, -0.2) is 89.9 Å². The molecule has 1 aliphatic heterocycles. The van der Waals surface area contributed by atoms with Gasteiger partial charge in [0.1, 0.15) is 12.7 Å². The lowest BCUT2D eigenvalue weighted by Gasteiger charge is -2.27. The first-order chi connectivity index (χ1) is 18.1. The Hall–Kier alpha value is -0.870. The van der Waals surface area contributed by atoms with Gasteiger partial charge in [-0.25, -0.2) is 0 Å². The number of nitrogens with zero attached hydrogens (tertiary/aromatic N) is 1. The van der Waals surface area contributed by atoms with Crippen molar-refractivity contribution in [2.24, 2.45) is 0 Å². The van der Waals surface area contributed by atoms with Crippen LogP contribution in [0.5, 0.6) is 0 Å². The molecule has 1 aromatic carbocycles. The van der Waals surface area contributed by atoms with Crippen LogP contribution in [0.15, 0.2) is 0 Å². The van der Waals surface area contributed by atoms with Crippen molar-refractivity contribution >= 4 is 114 Å². The van der Waals surface area contributed by atoms with E-state index in [2.05, 4.69) is 5.32 Å². The number of benzene rings is 1. The van der Waals surface area contributed by atoms with E-state index in [0.29, 0.717) is 0 Å². The maximum atomic E-state index is 13.8. The van der Waals surface area contributed by atoms with Crippen LogP contribution in [0.25, 0.3) is 0 Å². The maximum absolute atomic E-state index is 13.8. The van der Waals surface area contributed by atoms with E-state index < -0.39 is 53.6 Å². The van der Waals surface area contributed by atoms with Gasteiger partial charge in [0, 0.05) is 30.5 Å². The average molecular weight is 907 g/mol. The molecule has 16 heteroatoms. The molecule has 0 aliphatic carbocycles. The van der Waals surface area contributed by atoms with Crippen molar-refractivity contribution in [3.63, 3.8) is 0 Å². The van der Waals surface area contributed by atoms with E-state index in [-0.39, 0.29) is 53.8 Å². The molecule has 1 heterocycles. The Bertz CT molecular complexity index is 1160. The Morgan fingerprint density at radius 1 is 1.10 bits per heavy atom. The summed E-state index contributed by atoms with van der Waals surface area (Å²) in [7, 11) is 0. The van der Waals surface area contributed by atoms with Gasteiger partial charge in [0.2, 0.25) is 6.10 Å². The van der Waals surface area contributed by atoms with Crippen molar-refractivity contribution in [3.05, 3.63) is 21.8 Å². The molecule has 0 radical (unpaired) electrons. The van der Waals surface area contributed by atoms with E-state index in [4.69, 9.17) is 30.5 Å². The van der Waals surface area contributed by atoms with E-state index in [0.717, 1.165) is 13.8 Å². The number of hydrogen-bond acceptors (Lipinski definition) is 10. The maximum Gasteiger partial charge on any atom is 0.303 e. The number of esters is 2. The first kappa shape index (κ1) is 34.3. The van der Waals surface area contributed by atoms with Crippen LogP contribution in [0, 0.1) is 10.7 Å². The molecular weight excluding hydrogens is 880 g/mol. The predicted octanol–water partition coefficient (Wildman–Crippen LogP) is 2.90. The summed E-state index contributed by atoms with van der Waals surface area (Å²) >= 11 is 11.4. The molecule has 39 heavy (non-hydrogen) atoms. The van der Waals surface area contributed by atoms with Crippen LogP contribution in [0.3, 0.4) is 0 Å².